The Balaban J connectivity index is 1.72. The third kappa shape index (κ3) is 3.38. The van der Waals surface area contributed by atoms with Crippen LogP contribution in [0.25, 0.3) is 0 Å². The zero-order valence-corrected chi connectivity index (χ0v) is 12.4. The Morgan fingerprint density at radius 1 is 1.24 bits per heavy atom. The number of aryl methyl sites for hydroxylation is 1. The van der Waals surface area contributed by atoms with Gasteiger partial charge in [-0.3, -0.25) is 0 Å². The number of benzene rings is 1. The molecule has 0 aliphatic heterocycles. The van der Waals surface area contributed by atoms with Crippen molar-refractivity contribution in [1.29, 1.82) is 0 Å². The normalized spacial score (nSPS) is 21.3. The number of aliphatic hydroxyl groups excluding tert-OH is 1. The Morgan fingerprint density at radius 2 is 2.05 bits per heavy atom. The average molecular weight is 288 g/mol. The molecule has 1 atom stereocenters. The van der Waals surface area contributed by atoms with E-state index >= 15 is 0 Å². The minimum absolute atomic E-state index is 0.0201. The third-order valence-electron chi connectivity index (χ3n) is 4.51. The number of aliphatic hydroxyl groups is 1. The van der Waals surface area contributed by atoms with Crippen molar-refractivity contribution in [3.8, 4) is 0 Å². The number of amides is 2. The Labute approximate surface area is 126 Å². The summed E-state index contributed by atoms with van der Waals surface area (Å²) in [7, 11) is 0. The van der Waals surface area contributed by atoms with Crippen LogP contribution in [0.5, 0.6) is 0 Å². The largest absolute Gasteiger partial charge is 0.395 e. The van der Waals surface area contributed by atoms with Gasteiger partial charge in [0.2, 0.25) is 0 Å². The number of fused-ring (bicyclic) bond motifs is 1. The van der Waals surface area contributed by atoms with E-state index in [1.807, 2.05) is 0 Å². The summed E-state index contributed by atoms with van der Waals surface area (Å²) in [5.74, 6) is 0. The lowest BCUT2D eigenvalue weighted by Crippen LogP contribution is -2.44. The van der Waals surface area contributed by atoms with Crippen LogP contribution in [0.4, 0.5) is 4.79 Å². The molecule has 4 heteroatoms. The van der Waals surface area contributed by atoms with Gasteiger partial charge < -0.3 is 15.3 Å². The predicted octanol–water partition coefficient (Wildman–Crippen LogP) is 2.62. The number of nitrogens with zero attached hydrogens (tertiary/aromatic N) is 1. The summed E-state index contributed by atoms with van der Waals surface area (Å²) in [4.78, 5) is 14.3. The molecule has 3 rings (SSSR count). The maximum atomic E-state index is 12.5. The van der Waals surface area contributed by atoms with Gasteiger partial charge in [-0.15, -0.1) is 0 Å². The molecule has 0 unspecified atom stereocenters. The first kappa shape index (κ1) is 14.4. The van der Waals surface area contributed by atoms with Gasteiger partial charge >= 0.3 is 6.03 Å². The molecule has 2 aliphatic carbocycles. The van der Waals surface area contributed by atoms with Crippen LogP contribution >= 0.6 is 0 Å². The SMILES string of the molecule is O=C(N[C@H]1CCCCc2ccccc21)N(CCO)C1CC1. The first-order valence-corrected chi connectivity index (χ1v) is 8.05. The van der Waals surface area contributed by atoms with E-state index in [0.29, 0.717) is 12.6 Å². The summed E-state index contributed by atoms with van der Waals surface area (Å²) in [5, 5.41) is 12.3. The van der Waals surface area contributed by atoms with E-state index in [2.05, 4.69) is 29.6 Å². The van der Waals surface area contributed by atoms with Crippen LogP contribution in [0.15, 0.2) is 24.3 Å². The maximum Gasteiger partial charge on any atom is 0.318 e. The molecule has 1 saturated carbocycles. The minimum Gasteiger partial charge on any atom is -0.395 e. The van der Waals surface area contributed by atoms with Crippen molar-refractivity contribution in [2.45, 2.75) is 50.6 Å². The summed E-state index contributed by atoms with van der Waals surface area (Å²) < 4.78 is 0. The smallest absolute Gasteiger partial charge is 0.318 e. The van der Waals surface area contributed by atoms with Crippen molar-refractivity contribution < 1.29 is 9.90 Å². The lowest BCUT2D eigenvalue weighted by Gasteiger charge is -2.26. The molecular weight excluding hydrogens is 264 g/mol. The van der Waals surface area contributed by atoms with Crippen LogP contribution in [0.3, 0.4) is 0 Å². The molecule has 0 aromatic heterocycles. The molecule has 0 spiro atoms. The highest BCUT2D eigenvalue weighted by atomic mass is 16.3. The highest BCUT2D eigenvalue weighted by molar-refractivity contribution is 5.75. The molecule has 0 radical (unpaired) electrons. The van der Waals surface area contributed by atoms with Crippen molar-refractivity contribution in [3.63, 3.8) is 0 Å². The van der Waals surface area contributed by atoms with Crippen molar-refractivity contribution in [3.05, 3.63) is 35.4 Å². The van der Waals surface area contributed by atoms with E-state index < -0.39 is 0 Å². The van der Waals surface area contributed by atoms with E-state index in [1.54, 1.807) is 4.90 Å². The van der Waals surface area contributed by atoms with Crippen LogP contribution in [0.2, 0.25) is 0 Å². The van der Waals surface area contributed by atoms with Gasteiger partial charge in [0, 0.05) is 12.6 Å². The fourth-order valence-electron chi connectivity index (χ4n) is 3.25. The second-order valence-corrected chi connectivity index (χ2v) is 6.09. The number of rotatable bonds is 4. The van der Waals surface area contributed by atoms with Crippen LogP contribution in [0, 0.1) is 0 Å². The highest BCUT2D eigenvalue weighted by Gasteiger charge is 2.33. The average Bonchev–Trinajstić information content (AvgIpc) is 3.33. The molecule has 1 aromatic carbocycles. The van der Waals surface area contributed by atoms with Crippen molar-refractivity contribution in [2.75, 3.05) is 13.2 Å². The Bertz CT molecular complexity index is 499. The van der Waals surface area contributed by atoms with Crippen LogP contribution in [-0.2, 0) is 6.42 Å². The first-order valence-electron chi connectivity index (χ1n) is 8.05. The topological polar surface area (TPSA) is 52.6 Å². The number of carbonyl (C=O) groups is 1. The second-order valence-electron chi connectivity index (χ2n) is 6.09. The van der Waals surface area contributed by atoms with Gasteiger partial charge in [-0.05, 0) is 43.2 Å². The molecule has 114 valence electrons. The Hall–Kier alpha value is -1.55. The number of urea groups is 1. The zero-order valence-electron chi connectivity index (χ0n) is 12.4. The number of nitrogens with one attached hydrogen (secondary N) is 1. The lowest BCUT2D eigenvalue weighted by atomic mass is 9.99. The summed E-state index contributed by atoms with van der Waals surface area (Å²) in [6.45, 7) is 0.468. The minimum atomic E-state index is -0.0201. The molecule has 4 nitrogen and oxygen atoms in total. The van der Waals surface area contributed by atoms with Crippen molar-refractivity contribution in [2.24, 2.45) is 0 Å². The van der Waals surface area contributed by atoms with E-state index in [9.17, 15) is 4.79 Å². The summed E-state index contributed by atoms with van der Waals surface area (Å²) in [5.41, 5.74) is 2.63. The maximum absolute atomic E-state index is 12.5. The zero-order chi connectivity index (χ0) is 14.7. The standard InChI is InChI=1S/C17H24N2O2/c20-12-11-19(14-9-10-14)17(21)18-16-8-4-2-6-13-5-1-3-7-15(13)16/h1,3,5,7,14,16,20H,2,4,6,8-12H2,(H,18,21)/t16-/m0/s1. The molecular formula is C17H24N2O2. The fourth-order valence-corrected chi connectivity index (χ4v) is 3.25. The molecule has 21 heavy (non-hydrogen) atoms. The summed E-state index contributed by atoms with van der Waals surface area (Å²) >= 11 is 0. The van der Waals surface area contributed by atoms with Gasteiger partial charge in [0.15, 0.2) is 0 Å². The number of carbonyl (C=O) groups excluding carboxylic acids is 1. The van der Waals surface area contributed by atoms with Gasteiger partial charge in [-0.25, -0.2) is 4.79 Å². The summed E-state index contributed by atoms with van der Waals surface area (Å²) in [6, 6.07) is 8.86. The van der Waals surface area contributed by atoms with Gasteiger partial charge in [-0.1, -0.05) is 30.7 Å². The second kappa shape index (κ2) is 6.48. The predicted molar refractivity (Wildman–Crippen MR) is 82.1 cm³/mol. The summed E-state index contributed by atoms with van der Waals surface area (Å²) in [6.07, 6.45) is 6.56. The van der Waals surface area contributed by atoms with E-state index in [1.165, 1.54) is 17.5 Å². The number of hydrogen-bond donors (Lipinski definition) is 2. The molecule has 2 aliphatic rings. The van der Waals surface area contributed by atoms with Crippen LogP contribution < -0.4 is 5.32 Å². The van der Waals surface area contributed by atoms with Gasteiger partial charge in [0.25, 0.3) is 0 Å². The molecule has 0 bridgehead atoms. The molecule has 1 aromatic rings. The molecule has 0 heterocycles. The number of hydrogen-bond acceptors (Lipinski definition) is 2. The van der Waals surface area contributed by atoms with E-state index in [-0.39, 0.29) is 18.7 Å². The van der Waals surface area contributed by atoms with Crippen molar-refractivity contribution >= 4 is 6.03 Å². The molecule has 1 fully saturated rings. The van der Waals surface area contributed by atoms with Gasteiger partial charge in [-0.2, -0.15) is 0 Å². The quantitative estimate of drug-likeness (QED) is 0.837. The fraction of sp³-hybridized carbons (Fsp3) is 0.588. The van der Waals surface area contributed by atoms with Gasteiger partial charge in [0.05, 0.1) is 12.6 Å². The molecule has 2 amide bonds. The monoisotopic (exact) mass is 288 g/mol. The molecule has 2 N–H and O–H groups in total. The van der Waals surface area contributed by atoms with Gasteiger partial charge in [0.1, 0.15) is 0 Å². The van der Waals surface area contributed by atoms with Crippen LogP contribution in [0.1, 0.15) is 49.3 Å². The third-order valence-corrected chi connectivity index (χ3v) is 4.51. The van der Waals surface area contributed by atoms with Crippen LogP contribution in [-0.4, -0.2) is 35.2 Å². The lowest BCUT2D eigenvalue weighted by molar-refractivity contribution is 0.170. The first-order chi connectivity index (χ1) is 10.3. The molecule has 0 saturated heterocycles. The van der Waals surface area contributed by atoms with E-state index in [4.69, 9.17) is 5.11 Å². The highest BCUT2D eigenvalue weighted by Crippen LogP contribution is 2.30. The van der Waals surface area contributed by atoms with Crippen molar-refractivity contribution in [1.82, 2.24) is 10.2 Å². The Morgan fingerprint density at radius 3 is 2.81 bits per heavy atom. The Kier molecular flexibility index (Phi) is 4.44. The van der Waals surface area contributed by atoms with E-state index in [0.717, 1.165) is 32.1 Å².